The molecule has 0 radical (unpaired) electrons. The van der Waals surface area contributed by atoms with E-state index in [1.165, 1.54) is 17.5 Å². The van der Waals surface area contributed by atoms with Gasteiger partial charge in [-0.3, -0.25) is 4.98 Å². The van der Waals surface area contributed by atoms with Crippen molar-refractivity contribution >= 4 is 16.6 Å². The van der Waals surface area contributed by atoms with E-state index < -0.39 is 0 Å². The predicted octanol–water partition coefficient (Wildman–Crippen LogP) is 2.67. The Hall–Kier alpha value is -1.61. The Balaban J connectivity index is 1.82. The summed E-state index contributed by atoms with van der Waals surface area (Å²) in [5.41, 5.74) is 2.43. The van der Waals surface area contributed by atoms with Crippen molar-refractivity contribution in [1.29, 1.82) is 0 Å². The minimum absolute atomic E-state index is 0.770. The Labute approximate surface area is 114 Å². The standard InChI is InChI=1S/C16H21N3/c1-2-17-11-13-8-10-19(12-13)16-7-3-6-15-14(16)5-4-9-18-15/h3-7,9,13,17H,2,8,10-12H2,1H3. The lowest BCUT2D eigenvalue weighted by molar-refractivity contribution is 0.528. The summed E-state index contributed by atoms with van der Waals surface area (Å²) >= 11 is 0. The van der Waals surface area contributed by atoms with Crippen molar-refractivity contribution in [2.45, 2.75) is 13.3 Å². The first-order chi connectivity index (χ1) is 9.38. The maximum absolute atomic E-state index is 4.44. The molecule has 3 heteroatoms. The van der Waals surface area contributed by atoms with Crippen LogP contribution in [0.3, 0.4) is 0 Å². The zero-order valence-corrected chi connectivity index (χ0v) is 11.5. The lowest BCUT2D eigenvalue weighted by atomic mass is 10.1. The third-order valence-electron chi connectivity index (χ3n) is 3.93. The van der Waals surface area contributed by atoms with Crippen LogP contribution in [0.1, 0.15) is 13.3 Å². The Morgan fingerprint density at radius 1 is 1.32 bits per heavy atom. The van der Waals surface area contributed by atoms with Gasteiger partial charge in [0.15, 0.2) is 0 Å². The van der Waals surface area contributed by atoms with Crippen LogP contribution in [-0.2, 0) is 0 Å². The molecule has 0 amide bonds. The number of pyridine rings is 1. The van der Waals surface area contributed by atoms with Gasteiger partial charge < -0.3 is 10.2 Å². The quantitative estimate of drug-likeness (QED) is 0.910. The molecule has 1 aliphatic rings. The Morgan fingerprint density at radius 3 is 3.16 bits per heavy atom. The maximum Gasteiger partial charge on any atom is 0.0722 e. The van der Waals surface area contributed by atoms with Crippen LogP contribution in [0.5, 0.6) is 0 Å². The van der Waals surface area contributed by atoms with E-state index >= 15 is 0 Å². The van der Waals surface area contributed by atoms with Crippen molar-refractivity contribution in [2.24, 2.45) is 5.92 Å². The summed E-state index contributed by atoms with van der Waals surface area (Å²) in [6.45, 7) is 6.68. The predicted molar refractivity (Wildman–Crippen MR) is 80.6 cm³/mol. The second-order valence-corrected chi connectivity index (χ2v) is 5.26. The second kappa shape index (κ2) is 5.57. The van der Waals surface area contributed by atoms with Gasteiger partial charge in [0, 0.05) is 30.4 Å². The molecule has 2 heterocycles. The smallest absolute Gasteiger partial charge is 0.0722 e. The second-order valence-electron chi connectivity index (χ2n) is 5.26. The normalized spacial score (nSPS) is 19.2. The number of hydrogen-bond donors (Lipinski definition) is 1. The van der Waals surface area contributed by atoms with Crippen LogP contribution < -0.4 is 10.2 Å². The number of benzene rings is 1. The molecule has 1 aromatic carbocycles. The Kier molecular flexibility index (Phi) is 3.65. The molecule has 2 aromatic rings. The number of anilines is 1. The SMILES string of the molecule is CCNCC1CCN(c2cccc3ncccc23)C1. The van der Waals surface area contributed by atoms with E-state index in [9.17, 15) is 0 Å². The van der Waals surface area contributed by atoms with Gasteiger partial charge in [0.25, 0.3) is 0 Å². The number of nitrogens with zero attached hydrogens (tertiary/aromatic N) is 2. The van der Waals surface area contributed by atoms with Crippen molar-refractivity contribution < 1.29 is 0 Å². The largest absolute Gasteiger partial charge is 0.371 e. The Morgan fingerprint density at radius 2 is 2.26 bits per heavy atom. The highest BCUT2D eigenvalue weighted by Gasteiger charge is 2.23. The molecule has 1 N–H and O–H groups in total. The fourth-order valence-corrected chi connectivity index (χ4v) is 2.93. The molecule has 0 spiro atoms. The molecular formula is C16H21N3. The van der Waals surface area contributed by atoms with E-state index in [1.807, 2.05) is 12.3 Å². The monoisotopic (exact) mass is 255 g/mol. The number of nitrogens with one attached hydrogen (secondary N) is 1. The van der Waals surface area contributed by atoms with Crippen molar-refractivity contribution in [2.75, 3.05) is 31.1 Å². The molecule has 1 aliphatic heterocycles. The van der Waals surface area contributed by atoms with Crippen LogP contribution in [-0.4, -0.2) is 31.2 Å². The van der Waals surface area contributed by atoms with Crippen molar-refractivity contribution in [3.63, 3.8) is 0 Å². The van der Waals surface area contributed by atoms with Gasteiger partial charge in [-0.2, -0.15) is 0 Å². The van der Waals surface area contributed by atoms with Crippen molar-refractivity contribution in [3.05, 3.63) is 36.5 Å². The van der Waals surface area contributed by atoms with Crippen LogP contribution in [0.4, 0.5) is 5.69 Å². The molecule has 1 aromatic heterocycles. The van der Waals surface area contributed by atoms with E-state index in [1.54, 1.807) is 0 Å². The molecule has 3 rings (SSSR count). The molecule has 100 valence electrons. The molecular weight excluding hydrogens is 234 g/mol. The van der Waals surface area contributed by atoms with Gasteiger partial charge >= 0.3 is 0 Å². The molecule has 0 saturated carbocycles. The van der Waals surface area contributed by atoms with Gasteiger partial charge in [-0.05, 0) is 49.7 Å². The Bertz CT molecular complexity index is 547. The zero-order chi connectivity index (χ0) is 13.1. The molecule has 0 aliphatic carbocycles. The fourth-order valence-electron chi connectivity index (χ4n) is 2.93. The van der Waals surface area contributed by atoms with Crippen molar-refractivity contribution in [1.82, 2.24) is 10.3 Å². The van der Waals surface area contributed by atoms with Gasteiger partial charge in [-0.25, -0.2) is 0 Å². The van der Waals surface area contributed by atoms with Gasteiger partial charge in [-0.15, -0.1) is 0 Å². The number of fused-ring (bicyclic) bond motifs is 1. The van der Waals surface area contributed by atoms with Crippen LogP contribution in [0.25, 0.3) is 10.9 Å². The van der Waals surface area contributed by atoms with Crippen LogP contribution in [0.15, 0.2) is 36.5 Å². The fraction of sp³-hybridized carbons (Fsp3) is 0.438. The molecule has 19 heavy (non-hydrogen) atoms. The zero-order valence-electron chi connectivity index (χ0n) is 11.5. The third kappa shape index (κ3) is 2.56. The lowest BCUT2D eigenvalue weighted by Crippen LogP contribution is -2.26. The number of aromatic nitrogens is 1. The number of hydrogen-bond acceptors (Lipinski definition) is 3. The van der Waals surface area contributed by atoms with Gasteiger partial charge in [0.2, 0.25) is 0 Å². The first kappa shape index (κ1) is 12.4. The van der Waals surface area contributed by atoms with Crippen molar-refractivity contribution in [3.8, 4) is 0 Å². The van der Waals surface area contributed by atoms with E-state index in [2.05, 4.69) is 46.4 Å². The van der Waals surface area contributed by atoms with E-state index in [0.29, 0.717) is 0 Å². The van der Waals surface area contributed by atoms with E-state index in [-0.39, 0.29) is 0 Å². The van der Waals surface area contributed by atoms with Crippen LogP contribution in [0, 0.1) is 5.92 Å². The molecule has 0 bridgehead atoms. The van der Waals surface area contributed by atoms with Gasteiger partial charge in [0.1, 0.15) is 0 Å². The summed E-state index contributed by atoms with van der Waals surface area (Å²) in [6, 6.07) is 10.6. The molecule has 1 fully saturated rings. The maximum atomic E-state index is 4.44. The summed E-state index contributed by atoms with van der Waals surface area (Å²) in [5, 5.41) is 4.73. The minimum Gasteiger partial charge on any atom is -0.371 e. The summed E-state index contributed by atoms with van der Waals surface area (Å²) in [7, 11) is 0. The third-order valence-corrected chi connectivity index (χ3v) is 3.93. The molecule has 1 saturated heterocycles. The lowest BCUT2D eigenvalue weighted by Gasteiger charge is -2.20. The van der Waals surface area contributed by atoms with Gasteiger partial charge in [0.05, 0.1) is 5.52 Å². The van der Waals surface area contributed by atoms with Crippen LogP contribution >= 0.6 is 0 Å². The first-order valence-electron chi connectivity index (χ1n) is 7.18. The number of rotatable bonds is 4. The summed E-state index contributed by atoms with van der Waals surface area (Å²) in [6.07, 6.45) is 3.15. The first-order valence-corrected chi connectivity index (χ1v) is 7.18. The highest BCUT2D eigenvalue weighted by molar-refractivity contribution is 5.91. The van der Waals surface area contributed by atoms with Crippen LogP contribution in [0.2, 0.25) is 0 Å². The summed E-state index contributed by atoms with van der Waals surface area (Å²) < 4.78 is 0. The molecule has 3 nitrogen and oxygen atoms in total. The van der Waals surface area contributed by atoms with Gasteiger partial charge in [-0.1, -0.05) is 13.0 Å². The summed E-state index contributed by atoms with van der Waals surface area (Å²) in [5.74, 6) is 0.770. The molecule has 1 atom stereocenters. The minimum atomic E-state index is 0.770. The van der Waals surface area contributed by atoms with E-state index in [4.69, 9.17) is 0 Å². The highest BCUT2D eigenvalue weighted by atomic mass is 15.2. The average Bonchev–Trinajstić information content (AvgIpc) is 2.93. The molecule has 1 unspecified atom stereocenters. The highest BCUT2D eigenvalue weighted by Crippen LogP contribution is 2.29. The topological polar surface area (TPSA) is 28.2 Å². The van der Waals surface area contributed by atoms with E-state index in [0.717, 1.165) is 37.6 Å². The average molecular weight is 255 g/mol. The summed E-state index contributed by atoms with van der Waals surface area (Å²) in [4.78, 5) is 6.95.